The van der Waals surface area contributed by atoms with Crippen LogP contribution < -0.4 is 15.8 Å². The summed E-state index contributed by atoms with van der Waals surface area (Å²) < 4.78 is 5.57. The van der Waals surface area contributed by atoms with Gasteiger partial charge in [0.25, 0.3) is 0 Å². The molecule has 1 aliphatic rings. The molecule has 0 saturated carbocycles. The van der Waals surface area contributed by atoms with Crippen molar-refractivity contribution in [1.29, 1.82) is 0 Å². The van der Waals surface area contributed by atoms with Gasteiger partial charge in [0.2, 0.25) is 0 Å². The van der Waals surface area contributed by atoms with Crippen LogP contribution in [0.5, 0.6) is 5.75 Å². The number of piperidine rings is 1. The van der Waals surface area contributed by atoms with Crippen molar-refractivity contribution in [2.24, 2.45) is 5.73 Å². The van der Waals surface area contributed by atoms with Gasteiger partial charge in [0.15, 0.2) is 0 Å². The minimum Gasteiger partial charge on any atom is -0.496 e. The first-order chi connectivity index (χ1) is 9.17. The summed E-state index contributed by atoms with van der Waals surface area (Å²) in [5.74, 6) is 1.32. The van der Waals surface area contributed by atoms with E-state index in [4.69, 9.17) is 10.5 Å². The molecule has 0 bridgehead atoms. The van der Waals surface area contributed by atoms with E-state index in [-0.39, 0.29) is 0 Å². The predicted molar refractivity (Wildman–Crippen MR) is 79.9 cm³/mol. The van der Waals surface area contributed by atoms with Gasteiger partial charge in [-0.25, -0.2) is 0 Å². The molecular weight excluding hydrogens is 236 g/mol. The van der Waals surface area contributed by atoms with E-state index in [0.717, 1.165) is 12.3 Å². The van der Waals surface area contributed by atoms with Crippen LogP contribution in [-0.4, -0.2) is 26.2 Å². The molecule has 3 heteroatoms. The summed E-state index contributed by atoms with van der Waals surface area (Å²) in [5, 5.41) is 3.62. The number of hydrogen-bond acceptors (Lipinski definition) is 3. The van der Waals surface area contributed by atoms with Crippen molar-refractivity contribution in [3.8, 4) is 5.75 Å². The first-order valence-corrected chi connectivity index (χ1v) is 7.26. The molecule has 2 atom stereocenters. The van der Waals surface area contributed by atoms with Gasteiger partial charge in [-0.05, 0) is 50.4 Å². The summed E-state index contributed by atoms with van der Waals surface area (Å²) >= 11 is 0. The van der Waals surface area contributed by atoms with Crippen LogP contribution in [-0.2, 0) is 0 Å². The summed E-state index contributed by atoms with van der Waals surface area (Å²) in [7, 11) is 1.75. The predicted octanol–water partition coefficient (Wildman–Crippen LogP) is 2.50. The molecule has 0 amide bonds. The number of aryl methyl sites for hydroxylation is 2. The molecule has 1 aliphatic heterocycles. The summed E-state index contributed by atoms with van der Waals surface area (Å²) in [6.07, 6.45) is 3.77. The molecule has 1 fully saturated rings. The molecule has 0 spiro atoms. The number of methoxy groups -OCH3 is 1. The Morgan fingerprint density at radius 3 is 2.63 bits per heavy atom. The third-order valence-corrected chi connectivity index (χ3v) is 4.33. The molecule has 106 valence electrons. The molecule has 3 nitrogen and oxygen atoms in total. The van der Waals surface area contributed by atoms with Crippen LogP contribution in [0.15, 0.2) is 12.1 Å². The van der Waals surface area contributed by atoms with Crippen molar-refractivity contribution in [1.82, 2.24) is 5.32 Å². The molecule has 1 aromatic rings. The zero-order chi connectivity index (χ0) is 13.8. The Kier molecular flexibility index (Phi) is 4.83. The smallest absolute Gasteiger partial charge is 0.122 e. The van der Waals surface area contributed by atoms with E-state index in [0.29, 0.717) is 18.5 Å². The van der Waals surface area contributed by atoms with Gasteiger partial charge >= 0.3 is 0 Å². The number of benzene rings is 1. The van der Waals surface area contributed by atoms with Gasteiger partial charge in [-0.15, -0.1) is 0 Å². The van der Waals surface area contributed by atoms with Gasteiger partial charge in [0.05, 0.1) is 7.11 Å². The van der Waals surface area contributed by atoms with Crippen molar-refractivity contribution in [3.63, 3.8) is 0 Å². The molecule has 3 N–H and O–H groups in total. The maximum atomic E-state index is 6.05. The van der Waals surface area contributed by atoms with Gasteiger partial charge in [-0.3, -0.25) is 0 Å². The highest BCUT2D eigenvalue weighted by Gasteiger charge is 2.26. The highest BCUT2D eigenvalue weighted by Crippen LogP contribution is 2.33. The first-order valence-electron chi connectivity index (χ1n) is 7.26. The molecule has 0 radical (unpaired) electrons. The molecule has 0 aliphatic carbocycles. The molecule has 2 unspecified atom stereocenters. The number of nitrogens with two attached hydrogens (primary N) is 1. The van der Waals surface area contributed by atoms with Gasteiger partial charge in [-0.2, -0.15) is 0 Å². The zero-order valence-electron chi connectivity index (χ0n) is 12.3. The summed E-state index contributed by atoms with van der Waals surface area (Å²) in [4.78, 5) is 0. The lowest BCUT2D eigenvalue weighted by atomic mass is 9.85. The van der Waals surface area contributed by atoms with Crippen LogP contribution in [0.1, 0.15) is 41.9 Å². The lowest BCUT2D eigenvalue weighted by Crippen LogP contribution is -2.41. The Hall–Kier alpha value is -1.06. The SMILES string of the molecule is COc1cc(C)c(C)cc1C(CN)C1CCCCN1. The van der Waals surface area contributed by atoms with Gasteiger partial charge in [0, 0.05) is 24.1 Å². The lowest BCUT2D eigenvalue weighted by Gasteiger charge is -2.32. The molecule has 0 aromatic heterocycles. The van der Waals surface area contributed by atoms with Crippen molar-refractivity contribution in [2.45, 2.75) is 45.1 Å². The summed E-state index contributed by atoms with van der Waals surface area (Å²) in [5.41, 5.74) is 9.89. The van der Waals surface area contributed by atoms with E-state index in [9.17, 15) is 0 Å². The van der Waals surface area contributed by atoms with Crippen LogP contribution in [0, 0.1) is 13.8 Å². The number of nitrogens with one attached hydrogen (secondary N) is 1. The molecule has 1 heterocycles. The Morgan fingerprint density at radius 2 is 2.05 bits per heavy atom. The summed E-state index contributed by atoms with van der Waals surface area (Å²) in [6.45, 7) is 6.04. The fraction of sp³-hybridized carbons (Fsp3) is 0.625. The van der Waals surface area contributed by atoms with E-state index < -0.39 is 0 Å². The van der Waals surface area contributed by atoms with Crippen molar-refractivity contribution >= 4 is 0 Å². The lowest BCUT2D eigenvalue weighted by molar-refractivity contribution is 0.341. The Morgan fingerprint density at radius 1 is 1.32 bits per heavy atom. The molecule has 2 rings (SSSR count). The highest BCUT2D eigenvalue weighted by atomic mass is 16.5. The van der Waals surface area contributed by atoms with Crippen molar-refractivity contribution in [2.75, 3.05) is 20.2 Å². The quantitative estimate of drug-likeness (QED) is 0.876. The zero-order valence-corrected chi connectivity index (χ0v) is 12.3. The Bertz CT molecular complexity index is 425. The third kappa shape index (κ3) is 3.10. The van der Waals surface area contributed by atoms with Gasteiger partial charge in [0.1, 0.15) is 5.75 Å². The maximum absolute atomic E-state index is 6.05. The minimum atomic E-state index is 0.342. The van der Waals surface area contributed by atoms with Crippen LogP contribution in [0.25, 0.3) is 0 Å². The topological polar surface area (TPSA) is 47.3 Å². The van der Waals surface area contributed by atoms with Gasteiger partial charge < -0.3 is 15.8 Å². The molecule has 19 heavy (non-hydrogen) atoms. The second kappa shape index (κ2) is 6.40. The Labute approximate surface area is 116 Å². The van der Waals surface area contributed by atoms with E-state index in [1.807, 2.05) is 0 Å². The molecular formula is C16H26N2O. The normalized spacial score (nSPS) is 21.2. The average molecular weight is 262 g/mol. The molecule has 1 aromatic carbocycles. The minimum absolute atomic E-state index is 0.342. The maximum Gasteiger partial charge on any atom is 0.122 e. The third-order valence-electron chi connectivity index (χ3n) is 4.33. The van der Waals surface area contributed by atoms with Crippen LogP contribution in [0.4, 0.5) is 0 Å². The standard InChI is InChI=1S/C16H26N2O/c1-11-8-13(16(19-3)9-12(11)2)14(10-17)15-6-4-5-7-18-15/h8-9,14-15,18H,4-7,10,17H2,1-3H3. The second-order valence-corrected chi connectivity index (χ2v) is 5.58. The number of ether oxygens (including phenoxy) is 1. The monoisotopic (exact) mass is 262 g/mol. The second-order valence-electron chi connectivity index (χ2n) is 5.58. The van der Waals surface area contributed by atoms with E-state index in [2.05, 4.69) is 31.3 Å². The van der Waals surface area contributed by atoms with Crippen molar-refractivity contribution < 1.29 is 4.74 Å². The van der Waals surface area contributed by atoms with Crippen LogP contribution >= 0.6 is 0 Å². The average Bonchev–Trinajstić information content (AvgIpc) is 2.44. The highest BCUT2D eigenvalue weighted by molar-refractivity contribution is 5.44. The van der Waals surface area contributed by atoms with Crippen LogP contribution in [0.2, 0.25) is 0 Å². The van der Waals surface area contributed by atoms with Crippen molar-refractivity contribution in [3.05, 3.63) is 28.8 Å². The number of hydrogen-bond donors (Lipinski definition) is 2. The molecule has 1 saturated heterocycles. The summed E-state index contributed by atoms with van der Waals surface area (Å²) in [6, 6.07) is 4.87. The van der Waals surface area contributed by atoms with Gasteiger partial charge in [-0.1, -0.05) is 12.5 Å². The first kappa shape index (κ1) is 14.4. The van der Waals surface area contributed by atoms with Crippen LogP contribution in [0.3, 0.4) is 0 Å². The fourth-order valence-corrected chi connectivity index (χ4v) is 3.01. The number of rotatable bonds is 4. The fourth-order valence-electron chi connectivity index (χ4n) is 3.01. The van der Waals surface area contributed by atoms with E-state index in [1.165, 1.54) is 36.0 Å². The van der Waals surface area contributed by atoms with E-state index in [1.54, 1.807) is 7.11 Å². The largest absolute Gasteiger partial charge is 0.496 e. The Balaban J connectivity index is 2.33. The van der Waals surface area contributed by atoms with E-state index >= 15 is 0 Å².